The van der Waals surface area contributed by atoms with Crippen LogP contribution < -0.4 is 9.47 Å². The molecule has 0 N–H and O–H groups in total. The first-order valence-electron chi connectivity index (χ1n) is 8.65. The molecule has 28 heavy (non-hydrogen) atoms. The highest BCUT2D eigenvalue weighted by Crippen LogP contribution is 2.31. The molecule has 0 spiro atoms. The number of carbonyl (C=O) groups is 1. The monoisotopic (exact) mass is 380 g/mol. The zero-order valence-electron chi connectivity index (χ0n) is 15.8. The third kappa shape index (κ3) is 3.73. The molecule has 1 aromatic heterocycles. The van der Waals surface area contributed by atoms with Crippen LogP contribution in [0.25, 0.3) is 5.69 Å². The molecule has 0 atom stereocenters. The number of nitrogens with zero attached hydrogens (tertiary/aromatic N) is 2. The third-order valence-electron chi connectivity index (χ3n) is 4.47. The Balaban J connectivity index is 1.83. The fourth-order valence-corrected chi connectivity index (χ4v) is 3.13. The van der Waals surface area contributed by atoms with Gasteiger partial charge in [-0.15, -0.1) is 0 Å². The second-order valence-electron chi connectivity index (χ2n) is 6.26. The van der Waals surface area contributed by atoms with Gasteiger partial charge in [0, 0.05) is 22.6 Å². The summed E-state index contributed by atoms with van der Waals surface area (Å²) in [6, 6.07) is 15.8. The highest BCUT2D eigenvalue weighted by atomic mass is 16.6. The number of nitro groups is 1. The van der Waals surface area contributed by atoms with E-state index in [4.69, 9.17) is 9.47 Å². The highest BCUT2D eigenvalue weighted by molar-refractivity contribution is 5.98. The Hall–Kier alpha value is -3.61. The molecule has 3 aromatic rings. The number of aryl methyl sites for hydroxylation is 1. The second kappa shape index (κ2) is 7.96. The highest BCUT2D eigenvalue weighted by Gasteiger charge is 2.20. The molecular formula is C21H20N2O5. The molecule has 2 aromatic carbocycles. The molecule has 0 fully saturated rings. The smallest absolute Gasteiger partial charge is 0.314 e. The van der Waals surface area contributed by atoms with Crippen molar-refractivity contribution in [1.29, 1.82) is 0 Å². The van der Waals surface area contributed by atoms with E-state index in [9.17, 15) is 14.9 Å². The van der Waals surface area contributed by atoms with Crippen LogP contribution >= 0.6 is 0 Å². The number of ketones is 1. The lowest BCUT2D eigenvalue weighted by molar-refractivity contribution is -0.385. The van der Waals surface area contributed by atoms with Gasteiger partial charge >= 0.3 is 5.69 Å². The summed E-state index contributed by atoms with van der Waals surface area (Å²) in [6.07, 6.45) is 0. The molecule has 0 aliphatic rings. The maximum atomic E-state index is 12.7. The van der Waals surface area contributed by atoms with E-state index in [0.717, 1.165) is 17.1 Å². The Kier molecular flexibility index (Phi) is 5.44. The van der Waals surface area contributed by atoms with Crippen molar-refractivity contribution in [1.82, 2.24) is 4.57 Å². The molecule has 0 aliphatic heterocycles. The molecule has 0 amide bonds. The van der Waals surface area contributed by atoms with E-state index in [0.29, 0.717) is 11.3 Å². The van der Waals surface area contributed by atoms with Gasteiger partial charge in [0.1, 0.15) is 5.75 Å². The van der Waals surface area contributed by atoms with Crippen LogP contribution in [0.1, 0.15) is 21.7 Å². The van der Waals surface area contributed by atoms with E-state index < -0.39 is 4.92 Å². The van der Waals surface area contributed by atoms with Crippen molar-refractivity contribution in [3.05, 3.63) is 81.7 Å². The molecule has 0 unspecified atom stereocenters. The maximum absolute atomic E-state index is 12.7. The average molecular weight is 380 g/mol. The predicted octanol–water partition coefficient (Wildman–Crippen LogP) is 4.27. The quantitative estimate of drug-likeness (QED) is 0.347. The van der Waals surface area contributed by atoms with Gasteiger partial charge in [-0.3, -0.25) is 14.9 Å². The molecule has 144 valence electrons. The summed E-state index contributed by atoms with van der Waals surface area (Å²) in [5.74, 6) is 0.119. The van der Waals surface area contributed by atoms with Crippen molar-refractivity contribution in [2.45, 2.75) is 13.8 Å². The Bertz CT molecular complexity index is 1020. The van der Waals surface area contributed by atoms with Gasteiger partial charge in [0.25, 0.3) is 0 Å². The lowest BCUT2D eigenvalue weighted by Gasteiger charge is -2.10. The number of ether oxygens (including phenoxy) is 2. The van der Waals surface area contributed by atoms with E-state index in [1.54, 1.807) is 12.1 Å². The molecule has 7 heteroatoms. The molecule has 0 saturated carbocycles. The lowest BCUT2D eigenvalue weighted by atomic mass is 10.1. The molecule has 0 bridgehead atoms. The maximum Gasteiger partial charge on any atom is 0.314 e. The number of carbonyl (C=O) groups excluding carboxylic acids is 1. The Labute approximate surface area is 162 Å². The van der Waals surface area contributed by atoms with E-state index in [-0.39, 0.29) is 23.8 Å². The minimum Gasteiger partial charge on any atom is -0.496 e. The van der Waals surface area contributed by atoms with Crippen LogP contribution in [-0.4, -0.2) is 29.0 Å². The topological polar surface area (TPSA) is 83.6 Å². The number of Topliss-reactive ketones (excluding diaryl/α,β-unsaturated/α-hetero) is 1. The Morgan fingerprint density at radius 1 is 1.11 bits per heavy atom. The van der Waals surface area contributed by atoms with Gasteiger partial charge < -0.3 is 14.0 Å². The molecule has 0 aliphatic carbocycles. The zero-order chi connectivity index (χ0) is 20.3. The van der Waals surface area contributed by atoms with Crippen LogP contribution in [0.4, 0.5) is 5.69 Å². The normalized spacial score (nSPS) is 10.5. The molecule has 7 nitrogen and oxygen atoms in total. The van der Waals surface area contributed by atoms with Gasteiger partial charge in [-0.05, 0) is 44.2 Å². The summed E-state index contributed by atoms with van der Waals surface area (Å²) in [5.41, 5.74) is 2.95. The van der Waals surface area contributed by atoms with Gasteiger partial charge in [0.05, 0.1) is 18.1 Å². The van der Waals surface area contributed by atoms with Gasteiger partial charge in [-0.25, -0.2) is 0 Å². The summed E-state index contributed by atoms with van der Waals surface area (Å²) in [7, 11) is 1.42. The largest absolute Gasteiger partial charge is 0.496 e. The average Bonchev–Trinajstić information content (AvgIpc) is 3.00. The van der Waals surface area contributed by atoms with E-state index in [1.807, 2.05) is 48.7 Å². The number of rotatable bonds is 7. The first kappa shape index (κ1) is 19.2. The van der Waals surface area contributed by atoms with Crippen molar-refractivity contribution in [3.8, 4) is 17.2 Å². The molecule has 0 radical (unpaired) electrons. The lowest BCUT2D eigenvalue weighted by Crippen LogP contribution is -2.13. The van der Waals surface area contributed by atoms with Gasteiger partial charge in [0.15, 0.2) is 12.4 Å². The summed E-state index contributed by atoms with van der Waals surface area (Å²) < 4.78 is 12.5. The molecule has 0 saturated heterocycles. The van der Waals surface area contributed by atoms with Crippen LogP contribution in [0.2, 0.25) is 0 Å². The summed E-state index contributed by atoms with van der Waals surface area (Å²) >= 11 is 0. The molecule has 3 rings (SSSR count). The number of hydrogen-bond acceptors (Lipinski definition) is 5. The van der Waals surface area contributed by atoms with Crippen molar-refractivity contribution >= 4 is 11.5 Å². The van der Waals surface area contributed by atoms with Crippen molar-refractivity contribution in [3.63, 3.8) is 0 Å². The van der Waals surface area contributed by atoms with Crippen LogP contribution in [0.5, 0.6) is 11.5 Å². The Morgan fingerprint density at radius 2 is 1.82 bits per heavy atom. The first-order chi connectivity index (χ1) is 13.4. The van der Waals surface area contributed by atoms with Gasteiger partial charge in [-0.1, -0.05) is 18.2 Å². The second-order valence-corrected chi connectivity index (χ2v) is 6.26. The standard InChI is InChI=1S/C21H20N2O5/c1-14-11-18(15(2)22(14)16-7-5-4-6-8-16)20(24)13-28-21-10-9-17(27-3)12-19(21)23(25)26/h4-12H,13H2,1-3H3. The number of para-hydroxylation sites is 1. The SMILES string of the molecule is COc1ccc(OCC(=O)c2cc(C)n(-c3ccccc3)c2C)c([N+](=O)[O-])c1. The van der Waals surface area contributed by atoms with E-state index in [2.05, 4.69) is 0 Å². The summed E-state index contributed by atoms with van der Waals surface area (Å²) in [6.45, 7) is 3.49. The number of methoxy groups -OCH3 is 1. The minimum atomic E-state index is -0.566. The fraction of sp³-hybridized carbons (Fsp3) is 0.190. The van der Waals surface area contributed by atoms with Crippen LogP contribution in [0, 0.1) is 24.0 Å². The van der Waals surface area contributed by atoms with Crippen molar-refractivity contribution < 1.29 is 19.2 Å². The molecule has 1 heterocycles. The summed E-state index contributed by atoms with van der Waals surface area (Å²) in [4.78, 5) is 23.4. The third-order valence-corrected chi connectivity index (χ3v) is 4.47. The minimum absolute atomic E-state index is 0.0241. The number of hydrogen-bond donors (Lipinski definition) is 0. The van der Waals surface area contributed by atoms with Crippen molar-refractivity contribution in [2.24, 2.45) is 0 Å². The van der Waals surface area contributed by atoms with E-state index >= 15 is 0 Å². The van der Waals surface area contributed by atoms with Crippen LogP contribution in [-0.2, 0) is 0 Å². The number of nitro benzene ring substituents is 1. The van der Waals surface area contributed by atoms with Crippen molar-refractivity contribution in [2.75, 3.05) is 13.7 Å². The zero-order valence-corrected chi connectivity index (χ0v) is 15.8. The Morgan fingerprint density at radius 3 is 2.46 bits per heavy atom. The van der Waals surface area contributed by atoms with Crippen LogP contribution in [0.15, 0.2) is 54.6 Å². The predicted molar refractivity (Wildman–Crippen MR) is 105 cm³/mol. The number of aromatic nitrogens is 1. The van der Waals surface area contributed by atoms with Gasteiger partial charge in [0.2, 0.25) is 5.78 Å². The first-order valence-corrected chi connectivity index (χ1v) is 8.65. The molecular weight excluding hydrogens is 360 g/mol. The number of benzene rings is 2. The summed E-state index contributed by atoms with van der Waals surface area (Å²) in [5, 5.41) is 11.2. The van der Waals surface area contributed by atoms with Crippen LogP contribution in [0.3, 0.4) is 0 Å². The fourth-order valence-electron chi connectivity index (χ4n) is 3.13. The van der Waals surface area contributed by atoms with E-state index in [1.165, 1.54) is 19.2 Å². The van der Waals surface area contributed by atoms with Gasteiger partial charge in [-0.2, -0.15) is 0 Å².